The van der Waals surface area contributed by atoms with E-state index >= 15 is 0 Å². The SMILES string of the molecule is CCCc1nc(C(F)(F)F)sc1CNC1CC1. The molecular weight excluding hydrogens is 249 g/mol. The number of aromatic nitrogens is 1. The number of nitrogens with zero attached hydrogens (tertiary/aromatic N) is 1. The first-order chi connectivity index (χ1) is 8.00. The van der Waals surface area contributed by atoms with Crippen molar-refractivity contribution in [2.45, 2.75) is 51.4 Å². The molecule has 2 nitrogen and oxygen atoms in total. The average Bonchev–Trinajstić information content (AvgIpc) is 2.97. The van der Waals surface area contributed by atoms with Crippen LogP contribution in [0.25, 0.3) is 0 Å². The number of thiazole rings is 1. The van der Waals surface area contributed by atoms with Gasteiger partial charge in [0.05, 0.1) is 5.69 Å². The van der Waals surface area contributed by atoms with Gasteiger partial charge in [-0.3, -0.25) is 0 Å². The number of hydrogen-bond acceptors (Lipinski definition) is 3. The van der Waals surface area contributed by atoms with Gasteiger partial charge in [-0.25, -0.2) is 4.98 Å². The van der Waals surface area contributed by atoms with E-state index in [4.69, 9.17) is 0 Å². The van der Waals surface area contributed by atoms with Crippen LogP contribution in [0.15, 0.2) is 0 Å². The highest BCUT2D eigenvalue weighted by atomic mass is 32.1. The molecule has 0 bridgehead atoms. The quantitative estimate of drug-likeness (QED) is 0.882. The molecule has 1 heterocycles. The van der Waals surface area contributed by atoms with Gasteiger partial charge in [0, 0.05) is 17.5 Å². The van der Waals surface area contributed by atoms with Crippen LogP contribution in [0.4, 0.5) is 13.2 Å². The minimum Gasteiger partial charge on any atom is -0.309 e. The summed E-state index contributed by atoms with van der Waals surface area (Å²) < 4.78 is 37.7. The lowest BCUT2D eigenvalue weighted by Crippen LogP contribution is -2.15. The molecule has 1 aromatic heterocycles. The molecule has 0 aromatic carbocycles. The predicted molar refractivity (Wildman–Crippen MR) is 61.0 cm³/mol. The fourth-order valence-corrected chi connectivity index (χ4v) is 2.53. The summed E-state index contributed by atoms with van der Waals surface area (Å²) in [5.41, 5.74) is 0.609. The Morgan fingerprint density at radius 3 is 2.65 bits per heavy atom. The Kier molecular flexibility index (Phi) is 3.73. The van der Waals surface area contributed by atoms with Gasteiger partial charge in [-0.2, -0.15) is 13.2 Å². The van der Waals surface area contributed by atoms with E-state index in [0.717, 1.165) is 35.5 Å². The zero-order valence-corrected chi connectivity index (χ0v) is 10.4. The first-order valence-corrected chi connectivity index (χ1v) is 6.61. The van der Waals surface area contributed by atoms with Gasteiger partial charge in [-0.15, -0.1) is 11.3 Å². The summed E-state index contributed by atoms with van der Waals surface area (Å²) in [6.07, 6.45) is -0.612. The van der Waals surface area contributed by atoms with Crippen LogP contribution in [0.1, 0.15) is 41.8 Å². The molecule has 0 atom stereocenters. The third-order valence-corrected chi connectivity index (χ3v) is 3.78. The lowest BCUT2D eigenvalue weighted by atomic mass is 10.2. The molecule has 0 unspecified atom stereocenters. The van der Waals surface area contributed by atoms with Gasteiger partial charge in [0.15, 0.2) is 5.01 Å². The third kappa shape index (κ3) is 3.42. The highest BCUT2D eigenvalue weighted by Gasteiger charge is 2.36. The molecule has 6 heteroatoms. The molecule has 1 aliphatic rings. The van der Waals surface area contributed by atoms with E-state index in [0.29, 0.717) is 24.7 Å². The molecule has 0 amide bonds. The topological polar surface area (TPSA) is 24.9 Å². The Bertz CT molecular complexity index is 383. The van der Waals surface area contributed by atoms with Crippen LogP contribution >= 0.6 is 11.3 Å². The lowest BCUT2D eigenvalue weighted by molar-refractivity contribution is -0.137. The van der Waals surface area contributed by atoms with Crippen LogP contribution < -0.4 is 5.32 Å². The van der Waals surface area contributed by atoms with E-state index in [1.165, 1.54) is 0 Å². The molecule has 0 spiro atoms. The summed E-state index contributed by atoms with van der Waals surface area (Å²) in [6, 6.07) is 0.501. The molecule has 1 aliphatic carbocycles. The van der Waals surface area contributed by atoms with Gasteiger partial charge >= 0.3 is 6.18 Å². The van der Waals surface area contributed by atoms with Crippen molar-refractivity contribution in [2.24, 2.45) is 0 Å². The minimum atomic E-state index is -4.31. The van der Waals surface area contributed by atoms with Gasteiger partial charge < -0.3 is 5.32 Å². The summed E-state index contributed by atoms with van der Waals surface area (Å²) in [4.78, 5) is 4.46. The average molecular weight is 264 g/mol. The molecule has 0 radical (unpaired) electrons. The smallest absolute Gasteiger partial charge is 0.309 e. The number of aryl methyl sites for hydroxylation is 1. The maximum absolute atomic E-state index is 12.6. The largest absolute Gasteiger partial charge is 0.443 e. The number of halogens is 3. The second-order valence-corrected chi connectivity index (χ2v) is 5.38. The van der Waals surface area contributed by atoms with Gasteiger partial charge in [0.1, 0.15) is 0 Å². The van der Waals surface area contributed by atoms with E-state index in [-0.39, 0.29) is 0 Å². The molecule has 96 valence electrons. The summed E-state index contributed by atoms with van der Waals surface area (Å²) in [6.45, 7) is 2.47. The zero-order valence-electron chi connectivity index (χ0n) is 9.60. The second-order valence-electron chi connectivity index (χ2n) is 4.29. The molecule has 1 fully saturated rings. The van der Waals surface area contributed by atoms with Crippen molar-refractivity contribution < 1.29 is 13.2 Å². The minimum absolute atomic E-state index is 0.501. The van der Waals surface area contributed by atoms with Crippen molar-refractivity contribution in [3.8, 4) is 0 Å². The van der Waals surface area contributed by atoms with Crippen molar-refractivity contribution in [2.75, 3.05) is 0 Å². The number of rotatable bonds is 5. The maximum Gasteiger partial charge on any atom is 0.443 e. The predicted octanol–water partition coefficient (Wildman–Crippen LogP) is 3.37. The first-order valence-electron chi connectivity index (χ1n) is 5.80. The standard InChI is InChI=1S/C11H15F3N2S/c1-2-3-8-9(6-15-7-4-5-7)17-10(16-8)11(12,13)14/h7,15H,2-6H2,1H3. The monoisotopic (exact) mass is 264 g/mol. The molecule has 17 heavy (non-hydrogen) atoms. The molecule has 1 saturated carbocycles. The van der Waals surface area contributed by atoms with Gasteiger partial charge in [-0.05, 0) is 19.3 Å². The van der Waals surface area contributed by atoms with Gasteiger partial charge in [0.25, 0.3) is 0 Å². The van der Waals surface area contributed by atoms with Crippen molar-refractivity contribution in [1.29, 1.82) is 0 Å². The normalized spacial score (nSPS) is 16.5. The van der Waals surface area contributed by atoms with Crippen molar-refractivity contribution in [3.63, 3.8) is 0 Å². The molecule has 0 saturated heterocycles. The number of nitrogens with one attached hydrogen (secondary N) is 1. The Morgan fingerprint density at radius 1 is 1.41 bits per heavy atom. The highest BCUT2D eigenvalue weighted by Crippen LogP contribution is 2.35. The molecular formula is C11H15F3N2S. The Labute approximate surface area is 102 Å². The highest BCUT2D eigenvalue weighted by molar-refractivity contribution is 7.11. The Balaban J connectivity index is 2.11. The van der Waals surface area contributed by atoms with E-state index in [1.807, 2.05) is 6.92 Å². The van der Waals surface area contributed by atoms with E-state index in [9.17, 15) is 13.2 Å². The van der Waals surface area contributed by atoms with Crippen molar-refractivity contribution in [3.05, 3.63) is 15.6 Å². The summed E-state index contributed by atoms with van der Waals surface area (Å²) in [7, 11) is 0. The van der Waals surface area contributed by atoms with Gasteiger partial charge in [-0.1, -0.05) is 13.3 Å². The first kappa shape index (κ1) is 12.8. The van der Waals surface area contributed by atoms with Crippen molar-refractivity contribution >= 4 is 11.3 Å². The van der Waals surface area contributed by atoms with E-state index in [2.05, 4.69) is 10.3 Å². The second kappa shape index (κ2) is 4.94. The van der Waals surface area contributed by atoms with E-state index < -0.39 is 11.2 Å². The summed E-state index contributed by atoms with van der Waals surface area (Å²) in [5.74, 6) is 0. The van der Waals surface area contributed by atoms with Crippen molar-refractivity contribution in [1.82, 2.24) is 10.3 Å². The maximum atomic E-state index is 12.6. The van der Waals surface area contributed by atoms with Crippen LogP contribution in [-0.4, -0.2) is 11.0 Å². The summed E-state index contributed by atoms with van der Waals surface area (Å²) in [5, 5.41) is 2.53. The molecule has 1 N–H and O–H groups in total. The van der Waals surface area contributed by atoms with Crippen LogP contribution in [-0.2, 0) is 19.1 Å². The Hall–Kier alpha value is -0.620. The Morgan fingerprint density at radius 2 is 2.12 bits per heavy atom. The van der Waals surface area contributed by atoms with Crippen LogP contribution in [0.2, 0.25) is 0 Å². The van der Waals surface area contributed by atoms with Crippen LogP contribution in [0.5, 0.6) is 0 Å². The molecule has 1 aromatic rings. The lowest BCUT2D eigenvalue weighted by Gasteiger charge is -2.01. The summed E-state index contributed by atoms with van der Waals surface area (Å²) >= 11 is 0.778. The molecule has 0 aliphatic heterocycles. The van der Waals surface area contributed by atoms with Crippen LogP contribution in [0.3, 0.4) is 0 Å². The fourth-order valence-electron chi connectivity index (χ4n) is 1.60. The zero-order chi connectivity index (χ0) is 12.5. The number of hydrogen-bond donors (Lipinski definition) is 1. The fraction of sp³-hybridized carbons (Fsp3) is 0.727. The third-order valence-electron chi connectivity index (χ3n) is 2.64. The molecule has 2 rings (SSSR count). The van der Waals surface area contributed by atoms with Crippen LogP contribution in [0, 0.1) is 0 Å². The van der Waals surface area contributed by atoms with Gasteiger partial charge in [0.2, 0.25) is 0 Å². The van der Waals surface area contributed by atoms with E-state index in [1.54, 1.807) is 0 Å². The number of alkyl halides is 3.